The normalized spacial score (nSPS) is 27.4. The summed E-state index contributed by atoms with van der Waals surface area (Å²) in [6.07, 6.45) is 0.0321. The van der Waals surface area contributed by atoms with Crippen molar-refractivity contribution in [1.82, 2.24) is 4.90 Å². The highest BCUT2D eigenvalue weighted by atomic mass is 16.5. The number of ether oxygens (including phenoxy) is 1. The molecule has 0 aromatic heterocycles. The van der Waals surface area contributed by atoms with Gasteiger partial charge in [-0.25, -0.2) is 0 Å². The third-order valence-corrected chi connectivity index (χ3v) is 4.74. The first kappa shape index (κ1) is 15.4. The summed E-state index contributed by atoms with van der Waals surface area (Å²) in [7, 11) is 0. The molecule has 0 saturated carbocycles. The average molecular weight is 315 g/mol. The maximum atomic E-state index is 12.7. The Kier molecular flexibility index (Phi) is 3.75. The molecule has 23 heavy (non-hydrogen) atoms. The first-order valence-corrected chi connectivity index (χ1v) is 7.53. The van der Waals surface area contributed by atoms with E-state index in [1.807, 2.05) is 30.3 Å². The van der Waals surface area contributed by atoms with Crippen molar-refractivity contribution >= 4 is 23.6 Å². The molecule has 0 spiro atoms. The van der Waals surface area contributed by atoms with E-state index in [0.29, 0.717) is 0 Å². The predicted octanol–water partition coefficient (Wildman–Crippen LogP) is 1.08. The lowest BCUT2D eigenvalue weighted by Gasteiger charge is -2.26. The Hall–Kier alpha value is -2.50. The van der Waals surface area contributed by atoms with E-state index in [9.17, 15) is 19.2 Å². The maximum Gasteiger partial charge on any atom is 0.320 e. The minimum Gasteiger partial charge on any atom is -0.465 e. The van der Waals surface area contributed by atoms with E-state index in [0.717, 1.165) is 10.5 Å². The number of ketones is 1. The minimum absolute atomic E-state index is 0.106. The van der Waals surface area contributed by atoms with Crippen LogP contribution in [0.25, 0.3) is 0 Å². The van der Waals surface area contributed by atoms with Gasteiger partial charge in [-0.15, -0.1) is 0 Å². The monoisotopic (exact) mass is 315 g/mol. The molecule has 6 heteroatoms. The largest absolute Gasteiger partial charge is 0.465 e. The summed E-state index contributed by atoms with van der Waals surface area (Å²) in [4.78, 5) is 50.3. The molecule has 1 aromatic carbocycles. The fourth-order valence-electron chi connectivity index (χ4n) is 3.42. The van der Waals surface area contributed by atoms with Crippen LogP contribution in [0.3, 0.4) is 0 Å². The molecule has 3 rings (SSSR count). The summed E-state index contributed by atoms with van der Waals surface area (Å²) in [5.41, 5.74) is -0.682. The zero-order valence-corrected chi connectivity index (χ0v) is 12.8. The number of rotatable bonds is 4. The van der Waals surface area contributed by atoms with Gasteiger partial charge in [-0.1, -0.05) is 30.3 Å². The van der Waals surface area contributed by atoms with Crippen molar-refractivity contribution in [3.05, 3.63) is 35.9 Å². The zero-order chi connectivity index (χ0) is 16.6. The zero-order valence-electron chi connectivity index (χ0n) is 12.8. The number of imide groups is 1. The lowest BCUT2D eigenvalue weighted by molar-refractivity contribution is -0.158. The summed E-state index contributed by atoms with van der Waals surface area (Å²) < 4.78 is 4.94. The van der Waals surface area contributed by atoms with Gasteiger partial charge in [-0.05, 0) is 12.5 Å². The summed E-state index contributed by atoms with van der Waals surface area (Å²) >= 11 is 0. The average Bonchev–Trinajstić information content (AvgIpc) is 3.04. The molecule has 0 radical (unpaired) electrons. The van der Waals surface area contributed by atoms with E-state index in [2.05, 4.69) is 0 Å². The predicted molar refractivity (Wildman–Crippen MR) is 78.8 cm³/mol. The van der Waals surface area contributed by atoms with Gasteiger partial charge in [0, 0.05) is 12.8 Å². The number of Topliss-reactive ketones (excluding diaryl/α,β-unsaturated/α-hetero) is 1. The van der Waals surface area contributed by atoms with E-state index >= 15 is 0 Å². The molecule has 1 aromatic rings. The van der Waals surface area contributed by atoms with Gasteiger partial charge in [0.2, 0.25) is 11.8 Å². The van der Waals surface area contributed by atoms with Gasteiger partial charge in [-0.3, -0.25) is 24.1 Å². The lowest BCUT2D eigenvalue weighted by Crippen LogP contribution is -2.45. The molecular weight excluding hydrogens is 298 g/mol. The van der Waals surface area contributed by atoms with Crippen molar-refractivity contribution in [1.29, 1.82) is 0 Å². The highest BCUT2D eigenvalue weighted by Gasteiger charge is 2.61. The highest BCUT2D eigenvalue weighted by molar-refractivity contribution is 6.13. The van der Waals surface area contributed by atoms with Crippen LogP contribution in [0.15, 0.2) is 30.3 Å². The van der Waals surface area contributed by atoms with Crippen LogP contribution in [-0.4, -0.2) is 35.1 Å². The standard InChI is InChI=1S/C17H17NO5/c1-11(19)17(7-8-23-16(17)22)13-9-14(20)18(15(13)21)10-12-5-3-2-4-6-12/h2-6,13H,7-10H2,1H3/t13-,17+/m1/s1. The topological polar surface area (TPSA) is 80.8 Å². The SMILES string of the molecule is CC(=O)[C@]1([C@@H]2CC(=O)N(Cc3ccccc3)C2=O)CCOC1=O. The molecule has 2 fully saturated rings. The Morgan fingerprint density at radius 2 is 1.96 bits per heavy atom. The van der Waals surface area contributed by atoms with Crippen LogP contribution in [0.1, 0.15) is 25.3 Å². The second-order valence-corrected chi connectivity index (χ2v) is 5.97. The number of nitrogens with zero attached hydrogens (tertiary/aromatic N) is 1. The molecule has 120 valence electrons. The molecule has 2 aliphatic heterocycles. The number of carbonyl (C=O) groups excluding carboxylic acids is 4. The van der Waals surface area contributed by atoms with Crippen LogP contribution >= 0.6 is 0 Å². The number of hydrogen-bond acceptors (Lipinski definition) is 5. The lowest BCUT2D eigenvalue weighted by atomic mass is 9.70. The molecule has 2 atom stereocenters. The highest BCUT2D eigenvalue weighted by Crippen LogP contribution is 2.44. The van der Waals surface area contributed by atoms with Crippen LogP contribution < -0.4 is 0 Å². The molecule has 0 bridgehead atoms. The van der Waals surface area contributed by atoms with Gasteiger partial charge < -0.3 is 4.74 Å². The number of benzene rings is 1. The Morgan fingerprint density at radius 3 is 2.52 bits per heavy atom. The molecule has 0 unspecified atom stereocenters. The molecule has 0 N–H and O–H groups in total. The first-order valence-electron chi connectivity index (χ1n) is 7.53. The van der Waals surface area contributed by atoms with Crippen molar-refractivity contribution in [3.63, 3.8) is 0 Å². The summed E-state index contributed by atoms with van der Waals surface area (Å²) in [5.74, 6) is -2.87. The van der Waals surface area contributed by atoms with Crippen molar-refractivity contribution in [2.24, 2.45) is 11.3 Å². The van der Waals surface area contributed by atoms with E-state index < -0.39 is 29.0 Å². The third kappa shape index (κ3) is 2.34. The fourth-order valence-corrected chi connectivity index (χ4v) is 3.42. The molecular formula is C17H17NO5. The van der Waals surface area contributed by atoms with Crippen molar-refractivity contribution in [2.75, 3.05) is 6.61 Å². The van der Waals surface area contributed by atoms with Crippen LogP contribution in [-0.2, 0) is 30.5 Å². The van der Waals surface area contributed by atoms with E-state index in [1.54, 1.807) is 0 Å². The van der Waals surface area contributed by atoms with Crippen LogP contribution in [0, 0.1) is 11.3 Å². The second-order valence-electron chi connectivity index (χ2n) is 5.97. The van der Waals surface area contributed by atoms with Gasteiger partial charge in [0.05, 0.1) is 19.1 Å². The number of cyclic esters (lactones) is 1. The van der Waals surface area contributed by atoms with Crippen molar-refractivity contribution in [2.45, 2.75) is 26.3 Å². The molecule has 0 aliphatic carbocycles. The van der Waals surface area contributed by atoms with Crippen LogP contribution in [0.2, 0.25) is 0 Å². The van der Waals surface area contributed by atoms with Gasteiger partial charge in [0.1, 0.15) is 11.2 Å². The number of carbonyl (C=O) groups is 4. The van der Waals surface area contributed by atoms with Crippen molar-refractivity contribution in [3.8, 4) is 0 Å². The Labute approximate surface area is 133 Å². The smallest absolute Gasteiger partial charge is 0.320 e. The van der Waals surface area contributed by atoms with Gasteiger partial charge in [0.25, 0.3) is 0 Å². The number of likely N-dealkylation sites (tertiary alicyclic amines) is 1. The Bertz CT molecular complexity index is 683. The third-order valence-electron chi connectivity index (χ3n) is 4.74. The van der Waals surface area contributed by atoms with E-state index in [4.69, 9.17) is 4.74 Å². The number of hydrogen-bond donors (Lipinski definition) is 0. The molecule has 2 amide bonds. The number of amides is 2. The molecule has 6 nitrogen and oxygen atoms in total. The summed E-state index contributed by atoms with van der Waals surface area (Å²) in [5, 5.41) is 0. The maximum absolute atomic E-state index is 12.7. The van der Waals surface area contributed by atoms with Gasteiger partial charge in [0.15, 0.2) is 0 Å². The minimum atomic E-state index is -1.50. The Morgan fingerprint density at radius 1 is 1.26 bits per heavy atom. The van der Waals surface area contributed by atoms with Gasteiger partial charge >= 0.3 is 5.97 Å². The fraction of sp³-hybridized carbons (Fsp3) is 0.412. The molecule has 2 saturated heterocycles. The first-order chi connectivity index (χ1) is 11.0. The molecule has 2 aliphatic rings. The van der Waals surface area contributed by atoms with E-state index in [-0.39, 0.29) is 31.9 Å². The van der Waals surface area contributed by atoms with Crippen LogP contribution in [0.5, 0.6) is 0 Å². The van der Waals surface area contributed by atoms with Gasteiger partial charge in [-0.2, -0.15) is 0 Å². The second kappa shape index (κ2) is 5.61. The van der Waals surface area contributed by atoms with Crippen molar-refractivity contribution < 1.29 is 23.9 Å². The van der Waals surface area contributed by atoms with Crippen LogP contribution in [0.4, 0.5) is 0 Å². The van der Waals surface area contributed by atoms with E-state index in [1.165, 1.54) is 6.92 Å². The summed E-state index contributed by atoms with van der Waals surface area (Å²) in [6.45, 7) is 1.54. The molecule has 2 heterocycles. The summed E-state index contributed by atoms with van der Waals surface area (Å²) in [6, 6.07) is 9.13. The quantitative estimate of drug-likeness (QED) is 0.472. The number of esters is 1. The Balaban J connectivity index is 1.89.